The average molecular weight is 583 g/mol. The zero-order valence-corrected chi connectivity index (χ0v) is 24.2. The first kappa shape index (κ1) is 29.3. The van der Waals surface area contributed by atoms with Crippen molar-refractivity contribution in [1.82, 2.24) is 20.2 Å². The molecule has 2 fully saturated rings. The number of benzene rings is 1. The Labute approximate surface area is 242 Å². The molecule has 11 nitrogen and oxygen atoms in total. The summed E-state index contributed by atoms with van der Waals surface area (Å²) >= 11 is 0. The van der Waals surface area contributed by atoms with Crippen molar-refractivity contribution in [3.05, 3.63) is 42.1 Å². The van der Waals surface area contributed by atoms with Crippen LogP contribution in [0.5, 0.6) is 11.6 Å². The van der Waals surface area contributed by atoms with Gasteiger partial charge in [-0.3, -0.25) is 4.79 Å². The monoisotopic (exact) mass is 582 g/mol. The third-order valence-electron chi connectivity index (χ3n) is 7.97. The maximum atomic E-state index is 15.6. The van der Waals surface area contributed by atoms with Crippen molar-refractivity contribution in [3.63, 3.8) is 0 Å². The van der Waals surface area contributed by atoms with E-state index in [1.165, 1.54) is 18.1 Å². The molecule has 2 amide bonds. The minimum atomic E-state index is -1.26. The first-order valence-electron chi connectivity index (χ1n) is 13.9. The van der Waals surface area contributed by atoms with Crippen LogP contribution < -0.4 is 14.8 Å². The van der Waals surface area contributed by atoms with Gasteiger partial charge in [0.2, 0.25) is 11.8 Å². The molecule has 3 heterocycles. The summed E-state index contributed by atoms with van der Waals surface area (Å²) in [5.74, 6) is -2.77. The van der Waals surface area contributed by atoms with E-state index < -0.39 is 53.3 Å². The second-order valence-electron chi connectivity index (χ2n) is 12.1. The molecule has 2 aromatic rings. The van der Waals surface area contributed by atoms with Gasteiger partial charge in [-0.25, -0.2) is 23.9 Å². The summed E-state index contributed by atoms with van der Waals surface area (Å²) in [6, 6.07) is 2.64. The molecule has 1 aliphatic carbocycles. The number of carbonyl (C=O) groups is 3. The Kier molecular flexibility index (Phi) is 7.82. The summed E-state index contributed by atoms with van der Waals surface area (Å²) in [6.07, 6.45) is 3.85. The zero-order valence-electron chi connectivity index (χ0n) is 24.2. The van der Waals surface area contributed by atoms with Crippen molar-refractivity contribution in [3.8, 4) is 11.6 Å². The number of amides is 2. The fourth-order valence-corrected chi connectivity index (χ4v) is 5.42. The van der Waals surface area contributed by atoms with E-state index >= 15 is 4.39 Å². The number of aliphatic carboxylic acids is 1. The van der Waals surface area contributed by atoms with Gasteiger partial charge in [-0.05, 0) is 36.5 Å². The Morgan fingerprint density at radius 1 is 1.17 bits per heavy atom. The Bertz CT molecular complexity index is 1470. The SMILES string of the molecule is COc1ccc2nc3c(nc2c1)O[C@H]1CN(C(=O)[C@H](C(C)(C)C)NC(=O)O[C@@H]2CC2C/C=C/C=C3F)[C@H](C(=O)O)[C@@H]1C. The van der Waals surface area contributed by atoms with Crippen LogP contribution in [0.3, 0.4) is 0 Å². The molecule has 1 aromatic carbocycles. The number of allylic oxidation sites excluding steroid dienone is 3. The van der Waals surface area contributed by atoms with Crippen LogP contribution in [0.2, 0.25) is 0 Å². The van der Waals surface area contributed by atoms with E-state index in [1.54, 1.807) is 58.0 Å². The van der Waals surface area contributed by atoms with Crippen molar-refractivity contribution in [2.45, 2.75) is 64.8 Å². The molecule has 1 saturated heterocycles. The molecule has 2 aliphatic heterocycles. The summed E-state index contributed by atoms with van der Waals surface area (Å²) in [4.78, 5) is 49.3. The lowest BCUT2D eigenvalue weighted by Gasteiger charge is -2.34. The summed E-state index contributed by atoms with van der Waals surface area (Å²) in [7, 11) is 1.51. The molecule has 0 spiro atoms. The Morgan fingerprint density at radius 3 is 2.62 bits per heavy atom. The number of carboxylic acids is 1. The predicted molar refractivity (Wildman–Crippen MR) is 150 cm³/mol. The molecular weight excluding hydrogens is 547 g/mol. The van der Waals surface area contributed by atoms with Crippen LogP contribution in [-0.4, -0.2) is 75.9 Å². The molecule has 12 heteroatoms. The number of methoxy groups -OCH3 is 1. The van der Waals surface area contributed by atoms with Crippen molar-refractivity contribution < 1.29 is 38.1 Å². The van der Waals surface area contributed by atoms with Gasteiger partial charge in [0.15, 0.2) is 11.5 Å². The van der Waals surface area contributed by atoms with Gasteiger partial charge in [-0.2, -0.15) is 0 Å². The number of hydrogen-bond donors (Lipinski definition) is 2. The number of hydrogen-bond acceptors (Lipinski definition) is 8. The number of carboxylic acid groups (broad SMARTS) is 1. The average Bonchev–Trinajstić information content (AvgIpc) is 3.58. The van der Waals surface area contributed by atoms with Gasteiger partial charge in [0, 0.05) is 17.9 Å². The van der Waals surface area contributed by atoms with E-state index in [-0.39, 0.29) is 30.1 Å². The topological polar surface area (TPSA) is 140 Å². The normalized spacial score (nSPS) is 29.1. The third kappa shape index (κ3) is 5.88. The van der Waals surface area contributed by atoms with Crippen LogP contribution in [0, 0.1) is 17.3 Å². The Hall–Kier alpha value is -4.22. The lowest BCUT2D eigenvalue weighted by molar-refractivity contribution is -0.151. The molecule has 6 atom stereocenters. The lowest BCUT2D eigenvalue weighted by atomic mass is 9.85. The number of ether oxygens (including phenoxy) is 3. The summed E-state index contributed by atoms with van der Waals surface area (Å²) in [5.41, 5.74) is -0.107. The summed E-state index contributed by atoms with van der Waals surface area (Å²) in [6.45, 7) is 6.84. The zero-order chi connectivity index (χ0) is 30.3. The van der Waals surface area contributed by atoms with E-state index in [1.807, 2.05) is 0 Å². The minimum absolute atomic E-state index is 0.0667. The van der Waals surface area contributed by atoms with Gasteiger partial charge < -0.3 is 29.5 Å². The van der Waals surface area contributed by atoms with Gasteiger partial charge in [0.05, 0.1) is 24.7 Å². The number of nitrogens with one attached hydrogen (secondary N) is 1. The first-order valence-corrected chi connectivity index (χ1v) is 13.9. The maximum Gasteiger partial charge on any atom is 0.408 e. The number of halogens is 1. The van der Waals surface area contributed by atoms with Gasteiger partial charge in [-0.1, -0.05) is 39.8 Å². The Morgan fingerprint density at radius 2 is 1.93 bits per heavy atom. The highest BCUT2D eigenvalue weighted by molar-refractivity contribution is 5.91. The quantitative estimate of drug-likeness (QED) is 0.535. The standard InChI is InChI=1S/C30H35FN4O7/c1-15-22-14-35(24(15)28(37)38)27(36)25(30(2,3)4)34-29(39)42-21-12-16(21)8-6-7-9-18(31)23-26(41-22)33-20-13-17(40-5)10-11-19(20)32-23/h6-7,9-11,13,15-16,21-22,24-25H,8,12,14H2,1-5H3,(H,34,39)(H,37,38)/b7-6+,18-9?/t15-,16?,21-,22+,24+,25-/m1/s1. The second-order valence-corrected chi connectivity index (χ2v) is 12.1. The Balaban J connectivity index is 1.59. The van der Waals surface area contributed by atoms with Crippen molar-refractivity contribution in [2.24, 2.45) is 17.3 Å². The summed E-state index contributed by atoms with van der Waals surface area (Å²) in [5, 5.41) is 12.8. The molecule has 3 aliphatic rings. The van der Waals surface area contributed by atoms with Crippen LogP contribution in [-0.2, 0) is 14.3 Å². The third-order valence-corrected chi connectivity index (χ3v) is 7.97. The molecule has 1 saturated carbocycles. The molecule has 42 heavy (non-hydrogen) atoms. The van der Waals surface area contributed by atoms with Crippen molar-refractivity contribution >= 4 is 34.8 Å². The van der Waals surface area contributed by atoms with E-state index in [9.17, 15) is 19.5 Å². The highest BCUT2D eigenvalue weighted by atomic mass is 19.1. The number of carbonyl (C=O) groups excluding carboxylic acids is 2. The van der Waals surface area contributed by atoms with Gasteiger partial charge in [-0.15, -0.1) is 0 Å². The van der Waals surface area contributed by atoms with Crippen molar-refractivity contribution in [1.29, 1.82) is 0 Å². The first-order chi connectivity index (χ1) is 19.9. The highest BCUT2D eigenvalue weighted by Crippen LogP contribution is 2.38. The van der Waals surface area contributed by atoms with E-state index in [0.29, 0.717) is 29.6 Å². The van der Waals surface area contributed by atoms with E-state index in [2.05, 4.69) is 15.3 Å². The number of fused-ring (bicyclic) bond motifs is 5. The molecular formula is C30H35FN4O7. The molecule has 2 N–H and O–H groups in total. The number of alkyl carbamates (subject to hydrolysis) is 1. The minimum Gasteiger partial charge on any atom is -0.497 e. The van der Waals surface area contributed by atoms with Gasteiger partial charge in [0.25, 0.3) is 0 Å². The van der Waals surface area contributed by atoms with Crippen molar-refractivity contribution in [2.75, 3.05) is 13.7 Å². The van der Waals surface area contributed by atoms with Crippen LogP contribution in [0.15, 0.2) is 36.4 Å². The van der Waals surface area contributed by atoms with E-state index in [4.69, 9.17) is 14.2 Å². The highest BCUT2D eigenvalue weighted by Gasteiger charge is 2.51. The molecule has 1 unspecified atom stereocenters. The lowest BCUT2D eigenvalue weighted by Crippen LogP contribution is -2.57. The van der Waals surface area contributed by atoms with Crippen LogP contribution in [0.4, 0.5) is 9.18 Å². The largest absolute Gasteiger partial charge is 0.497 e. The van der Waals surface area contributed by atoms with Crippen LogP contribution in [0.1, 0.15) is 46.2 Å². The predicted octanol–water partition coefficient (Wildman–Crippen LogP) is 4.12. The summed E-state index contributed by atoms with van der Waals surface area (Å²) < 4.78 is 32.6. The molecule has 224 valence electrons. The molecule has 1 aromatic heterocycles. The van der Waals surface area contributed by atoms with Crippen LogP contribution in [0.25, 0.3) is 16.9 Å². The van der Waals surface area contributed by atoms with Crippen LogP contribution >= 0.6 is 0 Å². The number of rotatable bonds is 2. The van der Waals surface area contributed by atoms with Gasteiger partial charge in [0.1, 0.15) is 30.0 Å². The fraction of sp³-hybridized carbons (Fsp3) is 0.500. The van der Waals surface area contributed by atoms with E-state index in [0.717, 1.165) is 0 Å². The fourth-order valence-electron chi connectivity index (χ4n) is 5.42. The second kappa shape index (κ2) is 11.2. The molecule has 5 rings (SSSR count). The molecule has 2 bridgehead atoms. The smallest absolute Gasteiger partial charge is 0.408 e. The maximum absolute atomic E-state index is 15.6. The molecule has 0 radical (unpaired) electrons. The number of nitrogens with zero attached hydrogens (tertiary/aromatic N) is 3. The number of aromatic nitrogens is 2. The van der Waals surface area contributed by atoms with Gasteiger partial charge >= 0.3 is 12.1 Å².